The molecule has 3 heteroatoms. The Balaban J connectivity index is 2.41. The maximum Gasteiger partial charge on any atom is 0.175 e. The van der Waals surface area contributed by atoms with Crippen LogP contribution in [0.3, 0.4) is 0 Å². The van der Waals surface area contributed by atoms with E-state index in [9.17, 15) is 4.79 Å². The highest BCUT2D eigenvalue weighted by molar-refractivity contribution is 6.02. The minimum absolute atomic E-state index is 0.131. The number of rotatable bonds is 3. The lowest BCUT2D eigenvalue weighted by molar-refractivity contribution is -0.0816. The van der Waals surface area contributed by atoms with Crippen molar-refractivity contribution in [3.05, 3.63) is 34.4 Å². The number of ether oxygens (including phenoxy) is 1. The van der Waals surface area contributed by atoms with E-state index in [4.69, 9.17) is 10.5 Å². The fourth-order valence-electron chi connectivity index (χ4n) is 2.18. The summed E-state index contributed by atoms with van der Waals surface area (Å²) in [5, 5.41) is 0. The van der Waals surface area contributed by atoms with Crippen LogP contribution in [0.5, 0.6) is 0 Å². The number of Topliss-reactive ketones (excluding diaryl/α,β-unsaturated/α-hetero) is 1. The van der Waals surface area contributed by atoms with E-state index < -0.39 is 5.41 Å². The number of ketones is 1. The number of aryl methyl sites for hydroxylation is 1. The van der Waals surface area contributed by atoms with Gasteiger partial charge in [-0.05, 0) is 37.5 Å². The summed E-state index contributed by atoms with van der Waals surface area (Å²) in [7, 11) is 0. The summed E-state index contributed by atoms with van der Waals surface area (Å²) in [6.07, 6.45) is 0. The first kappa shape index (κ1) is 12.3. The van der Waals surface area contributed by atoms with Crippen LogP contribution in [-0.2, 0) is 4.74 Å². The molecule has 0 saturated carbocycles. The van der Waals surface area contributed by atoms with Crippen LogP contribution in [0, 0.1) is 26.2 Å². The van der Waals surface area contributed by atoms with Crippen molar-refractivity contribution >= 4 is 5.78 Å². The first-order valence-corrected chi connectivity index (χ1v) is 5.91. The molecule has 0 amide bonds. The Morgan fingerprint density at radius 1 is 1.29 bits per heavy atom. The minimum Gasteiger partial charge on any atom is -0.379 e. The third-order valence-corrected chi connectivity index (χ3v) is 3.93. The molecular weight excluding hydrogens is 214 g/mol. The molecule has 1 aliphatic rings. The average Bonchev–Trinajstić information content (AvgIpc) is 2.25. The predicted octanol–water partition coefficient (Wildman–Crippen LogP) is 1.77. The van der Waals surface area contributed by atoms with E-state index in [1.54, 1.807) is 0 Å². The van der Waals surface area contributed by atoms with Crippen LogP contribution >= 0.6 is 0 Å². The molecule has 0 spiro atoms. The first-order valence-electron chi connectivity index (χ1n) is 5.91. The summed E-state index contributed by atoms with van der Waals surface area (Å²) in [6.45, 7) is 7.37. The number of carbonyl (C=O) groups is 1. The fourth-order valence-corrected chi connectivity index (χ4v) is 2.18. The lowest BCUT2D eigenvalue weighted by Gasteiger charge is -2.39. The summed E-state index contributed by atoms with van der Waals surface area (Å²) >= 11 is 0. The maximum absolute atomic E-state index is 12.5. The third kappa shape index (κ3) is 1.79. The van der Waals surface area contributed by atoms with Crippen LogP contribution in [0.4, 0.5) is 0 Å². The molecule has 2 rings (SSSR count). The molecule has 1 aromatic rings. The number of benzene rings is 1. The van der Waals surface area contributed by atoms with Gasteiger partial charge in [-0.3, -0.25) is 4.79 Å². The van der Waals surface area contributed by atoms with Gasteiger partial charge in [-0.25, -0.2) is 0 Å². The van der Waals surface area contributed by atoms with E-state index in [2.05, 4.69) is 6.92 Å². The van der Waals surface area contributed by atoms with E-state index in [0.717, 1.165) is 11.1 Å². The Morgan fingerprint density at radius 3 is 2.41 bits per heavy atom. The first-order chi connectivity index (χ1) is 8.02. The Labute approximate surface area is 102 Å². The second-order valence-corrected chi connectivity index (χ2v) is 4.99. The second kappa shape index (κ2) is 4.24. The van der Waals surface area contributed by atoms with E-state index in [-0.39, 0.29) is 5.78 Å². The molecule has 0 aliphatic carbocycles. The minimum atomic E-state index is -0.480. The molecule has 0 aromatic heterocycles. The van der Waals surface area contributed by atoms with Gasteiger partial charge in [0.2, 0.25) is 0 Å². The van der Waals surface area contributed by atoms with E-state index >= 15 is 0 Å². The molecule has 0 unspecified atom stereocenters. The standard InChI is InChI=1S/C14H19NO2/c1-9-4-5-12(11(3)10(9)2)13(16)14(6-15)7-17-8-14/h4-5H,6-8,15H2,1-3H3. The summed E-state index contributed by atoms with van der Waals surface area (Å²) in [6, 6.07) is 3.91. The normalized spacial score (nSPS) is 17.6. The highest BCUT2D eigenvalue weighted by atomic mass is 16.5. The fraction of sp³-hybridized carbons (Fsp3) is 0.500. The molecule has 92 valence electrons. The van der Waals surface area contributed by atoms with Crippen LogP contribution in [0.1, 0.15) is 27.0 Å². The van der Waals surface area contributed by atoms with E-state index in [0.29, 0.717) is 19.8 Å². The topological polar surface area (TPSA) is 52.3 Å². The Bertz CT molecular complexity index is 456. The average molecular weight is 233 g/mol. The van der Waals surface area contributed by atoms with Crippen molar-refractivity contribution < 1.29 is 9.53 Å². The van der Waals surface area contributed by atoms with Gasteiger partial charge in [0.05, 0.1) is 18.6 Å². The number of nitrogens with two attached hydrogens (primary N) is 1. The van der Waals surface area contributed by atoms with Crippen molar-refractivity contribution in [1.82, 2.24) is 0 Å². The molecule has 1 aliphatic heterocycles. The van der Waals surface area contributed by atoms with E-state index in [1.165, 1.54) is 11.1 Å². The molecule has 2 N–H and O–H groups in total. The molecule has 1 heterocycles. The van der Waals surface area contributed by atoms with Crippen LogP contribution in [0.2, 0.25) is 0 Å². The van der Waals surface area contributed by atoms with Gasteiger partial charge in [0.1, 0.15) is 0 Å². The van der Waals surface area contributed by atoms with Crippen LogP contribution < -0.4 is 5.73 Å². The van der Waals surface area contributed by atoms with Gasteiger partial charge < -0.3 is 10.5 Å². The molecule has 0 bridgehead atoms. The smallest absolute Gasteiger partial charge is 0.175 e. The quantitative estimate of drug-likeness (QED) is 0.809. The molecule has 1 fully saturated rings. The molecule has 17 heavy (non-hydrogen) atoms. The SMILES string of the molecule is Cc1ccc(C(=O)C2(CN)COC2)c(C)c1C. The Hall–Kier alpha value is -1.19. The van der Waals surface area contributed by atoms with E-state index in [1.807, 2.05) is 26.0 Å². The van der Waals surface area contributed by atoms with Gasteiger partial charge in [-0.2, -0.15) is 0 Å². The Kier molecular flexibility index (Phi) is 3.06. The van der Waals surface area contributed by atoms with Gasteiger partial charge in [0.15, 0.2) is 5.78 Å². The highest BCUT2D eigenvalue weighted by Gasteiger charge is 2.45. The molecule has 1 aromatic carbocycles. The molecule has 3 nitrogen and oxygen atoms in total. The van der Waals surface area contributed by atoms with Crippen LogP contribution in [0.15, 0.2) is 12.1 Å². The van der Waals surface area contributed by atoms with Crippen LogP contribution in [0.25, 0.3) is 0 Å². The maximum atomic E-state index is 12.5. The summed E-state index contributed by atoms with van der Waals surface area (Å²) in [4.78, 5) is 12.5. The Morgan fingerprint density at radius 2 is 1.94 bits per heavy atom. The third-order valence-electron chi connectivity index (χ3n) is 3.93. The number of carbonyl (C=O) groups excluding carboxylic acids is 1. The molecule has 0 atom stereocenters. The zero-order valence-electron chi connectivity index (χ0n) is 10.7. The van der Waals surface area contributed by atoms with Crippen molar-refractivity contribution in [3.63, 3.8) is 0 Å². The van der Waals surface area contributed by atoms with Crippen molar-refractivity contribution in [1.29, 1.82) is 0 Å². The van der Waals surface area contributed by atoms with Crippen molar-refractivity contribution in [3.8, 4) is 0 Å². The zero-order chi connectivity index (χ0) is 12.6. The van der Waals surface area contributed by atoms with Gasteiger partial charge >= 0.3 is 0 Å². The largest absolute Gasteiger partial charge is 0.379 e. The summed E-state index contributed by atoms with van der Waals surface area (Å²) in [5.74, 6) is 0.131. The lowest BCUT2D eigenvalue weighted by Crippen LogP contribution is -2.54. The van der Waals surface area contributed by atoms with Gasteiger partial charge in [0, 0.05) is 12.1 Å². The monoisotopic (exact) mass is 233 g/mol. The number of hydrogen-bond donors (Lipinski definition) is 1. The molecular formula is C14H19NO2. The lowest BCUT2D eigenvalue weighted by atomic mass is 9.77. The zero-order valence-corrected chi connectivity index (χ0v) is 10.7. The summed E-state index contributed by atoms with van der Waals surface area (Å²) in [5.41, 5.74) is 9.50. The second-order valence-electron chi connectivity index (χ2n) is 4.99. The summed E-state index contributed by atoms with van der Waals surface area (Å²) < 4.78 is 5.16. The van der Waals surface area contributed by atoms with Crippen LogP contribution in [-0.4, -0.2) is 25.5 Å². The predicted molar refractivity (Wildman–Crippen MR) is 67.3 cm³/mol. The number of hydrogen-bond acceptors (Lipinski definition) is 3. The van der Waals surface area contributed by atoms with Gasteiger partial charge in [-0.1, -0.05) is 12.1 Å². The van der Waals surface area contributed by atoms with Crippen molar-refractivity contribution in [2.45, 2.75) is 20.8 Å². The van der Waals surface area contributed by atoms with Gasteiger partial charge in [0.25, 0.3) is 0 Å². The molecule has 1 saturated heterocycles. The highest BCUT2D eigenvalue weighted by Crippen LogP contribution is 2.32. The molecule has 0 radical (unpaired) electrons. The van der Waals surface area contributed by atoms with Crippen molar-refractivity contribution in [2.24, 2.45) is 11.1 Å². The van der Waals surface area contributed by atoms with Crippen molar-refractivity contribution in [2.75, 3.05) is 19.8 Å². The van der Waals surface area contributed by atoms with Gasteiger partial charge in [-0.15, -0.1) is 0 Å².